The Hall–Kier alpha value is -0.610. The number of carbonyl (C=O) groups is 1. The highest BCUT2D eigenvalue weighted by Gasteiger charge is 2.13. The number of carbonyl (C=O) groups excluding carboxylic acids is 1. The Morgan fingerprint density at radius 1 is 1.50 bits per heavy atom. The topological polar surface area (TPSA) is 55.8 Å². The Balaban J connectivity index is 3.54. The van der Waals surface area contributed by atoms with Crippen LogP contribution in [0.25, 0.3) is 0 Å². The zero-order chi connectivity index (χ0) is 9.56. The smallest absolute Gasteiger partial charge is 0.335 e. The van der Waals surface area contributed by atoms with Gasteiger partial charge in [0.2, 0.25) is 0 Å². The minimum atomic E-state index is -1.06. The summed E-state index contributed by atoms with van der Waals surface area (Å²) >= 11 is 0. The van der Waals surface area contributed by atoms with E-state index in [1.54, 1.807) is 6.92 Å². The Labute approximate surface area is 72.5 Å². The van der Waals surface area contributed by atoms with Gasteiger partial charge in [0.25, 0.3) is 0 Å². The van der Waals surface area contributed by atoms with Gasteiger partial charge < -0.3 is 14.6 Å². The molecule has 0 aromatic carbocycles. The molecule has 0 fully saturated rings. The van der Waals surface area contributed by atoms with E-state index in [-0.39, 0.29) is 6.10 Å². The zero-order valence-electron chi connectivity index (χ0n) is 7.74. The van der Waals surface area contributed by atoms with Crippen molar-refractivity contribution in [2.24, 2.45) is 0 Å². The number of hydrogen-bond donors (Lipinski definition) is 1. The van der Waals surface area contributed by atoms with Gasteiger partial charge in [0, 0.05) is 6.61 Å². The minimum Gasteiger partial charge on any atom is -0.458 e. The van der Waals surface area contributed by atoms with Crippen LogP contribution in [-0.2, 0) is 14.3 Å². The first-order chi connectivity index (χ1) is 5.57. The molecule has 0 aliphatic rings. The van der Waals surface area contributed by atoms with Crippen molar-refractivity contribution in [1.82, 2.24) is 0 Å². The molecule has 0 bridgehead atoms. The highest BCUT2D eigenvalue weighted by Crippen LogP contribution is 1.95. The summed E-state index contributed by atoms with van der Waals surface area (Å²) in [6.07, 6.45) is -1.36. The summed E-state index contributed by atoms with van der Waals surface area (Å²) in [6.45, 7) is 5.92. The normalized spacial score (nSPS) is 15.3. The number of ether oxygens (including phenoxy) is 2. The molecule has 0 spiro atoms. The van der Waals surface area contributed by atoms with Crippen LogP contribution >= 0.6 is 0 Å². The first-order valence-electron chi connectivity index (χ1n) is 4.04. The van der Waals surface area contributed by atoms with Crippen molar-refractivity contribution >= 4 is 5.97 Å². The van der Waals surface area contributed by atoms with Crippen molar-refractivity contribution < 1.29 is 19.4 Å². The van der Waals surface area contributed by atoms with Gasteiger partial charge in [-0.2, -0.15) is 0 Å². The summed E-state index contributed by atoms with van der Waals surface area (Å²) in [6, 6.07) is 0. The Morgan fingerprint density at radius 3 is 2.50 bits per heavy atom. The van der Waals surface area contributed by atoms with E-state index in [0.717, 1.165) is 0 Å². The van der Waals surface area contributed by atoms with Crippen LogP contribution in [0.15, 0.2) is 0 Å². The summed E-state index contributed by atoms with van der Waals surface area (Å²) < 4.78 is 9.82. The number of aliphatic hydroxyl groups is 1. The van der Waals surface area contributed by atoms with E-state index in [2.05, 4.69) is 0 Å². The molecule has 2 unspecified atom stereocenters. The molecule has 0 saturated heterocycles. The van der Waals surface area contributed by atoms with E-state index in [4.69, 9.17) is 14.6 Å². The van der Waals surface area contributed by atoms with Crippen LogP contribution in [0.3, 0.4) is 0 Å². The van der Waals surface area contributed by atoms with E-state index >= 15 is 0 Å². The maximum absolute atomic E-state index is 10.8. The van der Waals surface area contributed by atoms with Gasteiger partial charge in [-0.05, 0) is 20.8 Å². The van der Waals surface area contributed by atoms with Gasteiger partial charge in [-0.1, -0.05) is 0 Å². The summed E-state index contributed by atoms with van der Waals surface area (Å²) in [5, 5.41) is 8.78. The molecule has 0 aliphatic heterocycles. The molecule has 4 nitrogen and oxygen atoms in total. The van der Waals surface area contributed by atoms with Crippen molar-refractivity contribution in [3.63, 3.8) is 0 Å². The average Bonchev–Trinajstić information content (AvgIpc) is 2.00. The van der Waals surface area contributed by atoms with Crippen LogP contribution in [0.4, 0.5) is 0 Å². The second-order valence-electron chi connectivity index (χ2n) is 2.58. The molecule has 0 aromatic heterocycles. The average molecular weight is 176 g/mol. The van der Waals surface area contributed by atoms with Crippen LogP contribution in [0.5, 0.6) is 0 Å². The fourth-order valence-corrected chi connectivity index (χ4v) is 0.615. The lowest BCUT2D eigenvalue weighted by Gasteiger charge is -2.13. The van der Waals surface area contributed by atoms with Gasteiger partial charge in [-0.15, -0.1) is 0 Å². The number of aliphatic hydroxyl groups excluding tert-OH is 1. The molecule has 0 aliphatic carbocycles. The number of esters is 1. The maximum atomic E-state index is 10.8. The monoisotopic (exact) mass is 176 g/mol. The number of rotatable bonds is 5. The van der Waals surface area contributed by atoms with E-state index in [1.807, 2.05) is 6.92 Å². The van der Waals surface area contributed by atoms with Crippen molar-refractivity contribution in [3.8, 4) is 0 Å². The second-order valence-corrected chi connectivity index (χ2v) is 2.58. The summed E-state index contributed by atoms with van der Waals surface area (Å²) in [5.74, 6) is -0.609. The molecular weight excluding hydrogens is 160 g/mol. The van der Waals surface area contributed by atoms with E-state index < -0.39 is 12.1 Å². The highest BCUT2D eigenvalue weighted by molar-refractivity contribution is 5.73. The molecule has 72 valence electrons. The summed E-state index contributed by atoms with van der Waals surface area (Å²) in [4.78, 5) is 10.8. The molecule has 12 heavy (non-hydrogen) atoms. The molecule has 0 amide bonds. The lowest BCUT2D eigenvalue weighted by Crippen LogP contribution is -2.26. The first kappa shape index (κ1) is 11.4. The van der Waals surface area contributed by atoms with Crippen LogP contribution in [0.2, 0.25) is 0 Å². The third-order valence-corrected chi connectivity index (χ3v) is 1.22. The van der Waals surface area contributed by atoms with Crippen LogP contribution in [0, 0.1) is 0 Å². The largest absolute Gasteiger partial charge is 0.458 e. The zero-order valence-corrected chi connectivity index (χ0v) is 7.74. The minimum absolute atomic E-state index is 0.299. The van der Waals surface area contributed by atoms with Crippen LogP contribution in [0.1, 0.15) is 20.8 Å². The van der Waals surface area contributed by atoms with E-state index in [0.29, 0.717) is 13.2 Å². The predicted octanol–water partition coefficient (Wildman–Crippen LogP) is 0.335. The molecule has 0 rings (SSSR count). The Kier molecular flexibility index (Phi) is 5.66. The van der Waals surface area contributed by atoms with Crippen molar-refractivity contribution in [3.05, 3.63) is 0 Å². The van der Waals surface area contributed by atoms with Crippen molar-refractivity contribution in [2.45, 2.75) is 33.0 Å². The third kappa shape index (κ3) is 5.09. The molecule has 0 radical (unpaired) electrons. The van der Waals surface area contributed by atoms with E-state index in [9.17, 15) is 4.79 Å². The third-order valence-electron chi connectivity index (χ3n) is 1.22. The maximum Gasteiger partial charge on any atom is 0.335 e. The molecule has 1 N–H and O–H groups in total. The summed E-state index contributed by atoms with van der Waals surface area (Å²) in [5.41, 5.74) is 0. The lowest BCUT2D eigenvalue weighted by atomic mass is 10.4. The SMILES string of the molecule is CCOCC(C)OC(=O)C(C)O. The van der Waals surface area contributed by atoms with Gasteiger partial charge in [-0.25, -0.2) is 4.79 Å². The number of hydrogen-bond acceptors (Lipinski definition) is 4. The quantitative estimate of drug-likeness (QED) is 0.613. The highest BCUT2D eigenvalue weighted by atomic mass is 16.6. The van der Waals surface area contributed by atoms with Gasteiger partial charge in [0.15, 0.2) is 0 Å². The van der Waals surface area contributed by atoms with E-state index in [1.165, 1.54) is 6.92 Å². The molecule has 4 heteroatoms. The molecule has 2 atom stereocenters. The van der Waals surface area contributed by atoms with Gasteiger partial charge in [-0.3, -0.25) is 0 Å². The van der Waals surface area contributed by atoms with Gasteiger partial charge in [0.1, 0.15) is 12.2 Å². The predicted molar refractivity (Wildman–Crippen MR) is 43.7 cm³/mol. The van der Waals surface area contributed by atoms with Crippen LogP contribution < -0.4 is 0 Å². The summed E-state index contributed by atoms with van der Waals surface area (Å²) in [7, 11) is 0. The molecular formula is C8H16O4. The molecule has 0 saturated carbocycles. The van der Waals surface area contributed by atoms with Gasteiger partial charge in [0.05, 0.1) is 6.61 Å². The van der Waals surface area contributed by atoms with Crippen molar-refractivity contribution in [2.75, 3.05) is 13.2 Å². The fourth-order valence-electron chi connectivity index (χ4n) is 0.615. The van der Waals surface area contributed by atoms with Crippen molar-refractivity contribution in [1.29, 1.82) is 0 Å². The Morgan fingerprint density at radius 2 is 2.08 bits per heavy atom. The molecule has 0 heterocycles. The standard InChI is InChI=1S/C8H16O4/c1-4-11-5-6(2)12-8(10)7(3)9/h6-7,9H,4-5H2,1-3H3. The lowest BCUT2D eigenvalue weighted by molar-refractivity contribution is -0.159. The first-order valence-corrected chi connectivity index (χ1v) is 4.04. The fraction of sp³-hybridized carbons (Fsp3) is 0.875. The second kappa shape index (κ2) is 5.97. The van der Waals surface area contributed by atoms with Crippen LogP contribution in [-0.4, -0.2) is 36.5 Å². The van der Waals surface area contributed by atoms with Gasteiger partial charge >= 0.3 is 5.97 Å². The Bertz CT molecular complexity index is 133. The molecule has 0 aromatic rings.